The number of amides is 3. The number of benzene rings is 2. The van der Waals surface area contributed by atoms with E-state index in [1.807, 2.05) is 32.0 Å². The number of alkyl carbamates (subject to hydrolysis) is 1. The minimum Gasteiger partial charge on any atom is -0.497 e. The van der Waals surface area contributed by atoms with Crippen LogP contribution < -0.4 is 15.4 Å². The molecule has 2 aromatic carbocycles. The van der Waals surface area contributed by atoms with Crippen LogP contribution in [0.25, 0.3) is 0 Å². The zero-order valence-electron chi connectivity index (χ0n) is 23.1. The van der Waals surface area contributed by atoms with E-state index >= 15 is 0 Å². The highest BCUT2D eigenvalue weighted by molar-refractivity contribution is 5.98. The number of aryl methyl sites for hydroxylation is 2. The van der Waals surface area contributed by atoms with Gasteiger partial charge in [-0.2, -0.15) is 0 Å². The molecule has 1 unspecified atom stereocenters. The molecule has 0 spiro atoms. The van der Waals surface area contributed by atoms with Crippen molar-refractivity contribution in [3.63, 3.8) is 0 Å². The summed E-state index contributed by atoms with van der Waals surface area (Å²) in [5, 5.41) is 5.49. The molecule has 37 heavy (non-hydrogen) atoms. The van der Waals surface area contributed by atoms with Crippen molar-refractivity contribution in [2.45, 2.75) is 72.4 Å². The molecular formula is C29H41N3O5. The summed E-state index contributed by atoms with van der Waals surface area (Å²) in [6.45, 7) is 11.4. The Labute approximate surface area is 220 Å². The number of carbonyl (C=O) groups is 3. The van der Waals surface area contributed by atoms with Crippen LogP contribution in [0, 0.1) is 13.8 Å². The van der Waals surface area contributed by atoms with Gasteiger partial charge in [0, 0.05) is 12.2 Å². The number of anilines is 1. The lowest BCUT2D eigenvalue weighted by Crippen LogP contribution is -2.47. The predicted octanol–water partition coefficient (Wildman–Crippen LogP) is 5.54. The number of carbonyl (C=O) groups excluding carboxylic acids is 3. The van der Waals surface area contributed by atoms with Gasteiger partial charge in [-0.3, -0.25) is 9.59 Å². The predicted molar refractivity (Wildman–Crippen MR) is 146 cm³/mol. The van der Waals surface area contributed by atoms with Gasteiger partial charge in [-0.1, -0.05) is 49.1 Å². The fraction of sp³-hybridized carbons (Fsp3) is 0.483. The standard InChI is InChI=1S/C29H41N3O5/c1-8-9-10-15-32(25(33)19-30-28(35)37-29(4,5)6)26(22-17-20(2)16-21(3)18-22)27(34)31-23-11-13-24(36-7)14-12-23/h11-14,16-18,26H,8-10,15,19H2,1-7H3,(H,30,35)(H,31,34). The Morgan fingerprint density at radius 1 is 0.973 bits per heavy atom. The SMILES string of the molecule is CCCCCN(C(=O)CNC(=O)OC(C)(C)C)C(C(=O)Nc1ccc(OC)cc1)c1cc(C)cc(C)c1. The molecule has 2 N–H and O–H groups in total. The summed E-state index contributed by atoms with van der Waals surface area (Å²) in [5.74, 6) is -0.0262. The quantitative estimate of drug-likeness (QED) is 0.386. The summed E-state index contributed by atoms with van der Waals surface area (Å²) in [6, 6.07) is 12.0. The van der Waals surface area contributed by atoms with Crippen molar-refractivity contribution >= 4 is 23.6 Å². The molecule has 202 valence electrons. The number of rotatable bonds is 11. The van der Waals surface area contributed by atoms with E-state index in [1.54, 1.807) is 57.0 Å². The first-order chi connectivity index (χ1) is 17.4. The molecule has 8 heteroatoms. The van der Waals surface area contributed by atoms with Gasteiger partial charge in [-0.25, -0.2) is 4.79 Å². The summed E-state index contributed by atoms with van der Waals surface area (Å²) in [7, 11) is 1.58. The van der Waals surface area contributed by atoms with Crippen LogP contribution in [0.1, 0.15) is 69.7 Å². The third kappa shape index (κ3) is 9.79. The number of unbranched alkanes of at least 4 members (excludes halogenated alkanes) is 2. The fourth-order valence-corrected chi connectivity index (χ4v) is 4.02. The third-order valence-corrected chi connectivity index (χ3v) is 5.58. The molecule has 0 saturated carbocycles. The molecule has 3 amide bonds. The monoisotopic (exact) mass is 511 g/mol. The molecule has 0 aliphatic heterocycles. The van der Waals surface area contributed by atoms with Gasteiger partial charge >= 0.3 is 6.09 Å². The van der Waals surface area contributed by atoms with Crippen LogP contribution >= 0.6 is 0 Å². The Morgan fingerprint density at radius 2 is 1.59 bits per heavy atom. The van der Waals surface area contributed by atoms with Crippen LogP contribution in [0.2, 0.25) is 0 Å². The highest BCUT2D eigenvalue weighted by atomic mass is 16.6. The van der Waals surface area contributed by atoms with Crippen LogP contribution in [-0.2, 0) is 14.3 Å². The van der Waals surface area contributed by atoms with E-state index in [0.717, 1.165) is 30.4 Å². The van der Waals surface area contributed by atoms with Gasteiger partial charge in [0.1, 0.15) is 23.9 Å². The molecule has 2 aromatic rings. The zero-order chi connectivity index (χ0) is 27.6. The lowest BCUT2D eigenvalue weighted by Gasteiger charge is -2.32. The molecule has 0 heterocycles. The number of methoxy groups -OCH3 is 1. The van der Waals surface area contributed by atoms with Gasteiger partial charge in [0.05, 0.1) is 7.11 Å². The van der Waals surface area contributed by atoms with Crippen molar-refractivity contribution in [1.82, 2.24) is 10.2 Å². The summed E-state index contributed by atoms with van der Waals surface area (Å²) >= 11 is 0. The number of nitrogens with one attached hydrogen (secondary N) is 2. The minimum absolute atomic E-state index is 0.280. The normalized spacial score (nSPS) is 11.9. The molecule has 0 aromatic heterocycles. The molecule has 0 bridgehead atoms. The van der Waals surface area contributed by atoms with E-state index in [1.165, 1.54) is 0 Å². The van der Waals surface area contributed by atoms with Crippen molar-refractivity contribution < 1.29 is 23.9 Å². The van der Waals surface area contributed by atoms with Crippen molar-refractivity contribution in [2.24, 2.45) is 0 Å². The molecule has 8 nitrogen and oxygen atoms in total. The van der Waals surface area contributed by atoms with Gasteiger partial charge in [0.15, 0.2) is 0 Å². The zero-order valence-corrected chi connectivity index (χ0v) is 23.1. The van der Waals surface area contributed by atoms with Gasteiger partial charge in [-0.15, -0.1) is 0 Å². The molecule has 0 aliphatic carbocycles. The van der Waals surface area contributed by atoms with Crippen molar-refractivity contribution in [3.8, 4) is 5.75 Å². The molecule has 0 fully saturated rings. The Hall–Kier alpha value is -3.55. The second-order valence-corrected chi connectivity index (χ2v) is 10.2. The fourth-order valence-electron chi connectivity index (χ4n) is 4.02. The molecule has 0 saturated heterocycles. The van der Waals surface area contributed by atoms with Crippen LogP contribution in [-0.4, -0.2) is 48.6 Å². The van der Waals surface area contributed by atoms with E-state index in [-0.39, 0.29) is 18.4 Å². The second-order valence-electron chi connectivity index (χ2n) is 10.2. The van der Waals surface area contributed by atoms with E-state index in [2.05, 4.69) is 17.6 Å². The second kappa shape index (κ2) is 13.7. The first-order valence-electron chi connectivity index (χ1n) is 12.7. The number of ether oxygens (including phenoxy) is 2. The highest BCUT2D eigenvalue weighted by Crippen LogP contribution is 2.27. The van der Waals surface area contributed by atoms with Crippen LogP contribution in [0.4, 0.5) is 10.5 Å². The Kier molecular flexibility index (Phi) is 11.0. The van der Waals surface area contributed by atoms with Crippen LogP contribution in [0.15, 0.2) is 42.5 Å². The van der Waals surface area contributed by atoms with Crippen molar-refractivity contribution in [3.05, 3.63) is 59.2 Å². The van der Waals surface area contributed by atoms with Gasteiger partial charge < -0.3 is 25.0 Å². The van der Waals surface area contributed by atoms with Gasteiger partial charge in [0.2, 0.25) is 5.91 Å². The topological polar surface area (TPSA) is 97.0 Å². The minimum atomic E-state index is -0.884. The van der Waals surface area contributed by atoms with Crippen molar-refractivity contribution in [2.75, 3.05) is 25.5 Å². The third-order valence-electron chi connectivity index (χ3n) is 5.58. The largest absolute Gasteiger partial charge is 0.497 e. The van der Waals surface area contributed by atoms with E-state index in [4.69, 9.17) is 9.47 Å². The Morgan fingerprint density at radius 3 is 2.14 bits per heavy atom. The van der Waals surface area contributed by atoms with Gasteiger partial charge in [-0.05, 0) is 70.9 Å². The lowest BCUT2D eigenvalue weighted by atomic mass is 9.98. The van der Waals surface area contributed by atoms with E-state index < -0.39 is 17.7 Å². The van der Waals surface area contributed by atoms with Crippen molar-refractivity contribution in [1.29, 1.82) is 0 Å². The maximum Gasteiger partial charge on any atom is 0.408 e. The smallest absolute Gasteiger partial charge is 0.408 e. The molecular weight excluding hydrogens is 470 g/mol. The Bertz CT molecular complexity index is 1040. The maximum atomic E-state index is 13.7. The van der Waals surface area contributed by atoms with Crippen LogP contribution in [0.3, 0.4) is 0 Å². The first-order valence-corrected chi connectivity index (χ1v) is 12.7. The van der Waals surface area contributed by atoms with Crippen LogP contribution in [0.5, 0.6) is 5.75 Å². The average Bonchev–Trinajstić information content (AvgIpc) is 2.80. The summed E-state index contributed by atoms with van der Waals surface area (Å²) in [5.41, 5.74) is 2.60. The summed E-state index contributed by atoms with van der Waals surface area (Å²) < 4.78 is 10.5. The van der Waals surface area contributed by atoms with E-state index in [0.29, 0.717) is 23.5 Å². The number of nitrogens with zero attached hydrogens (tertiary/aromatic N) is 1. The van der Waals surface area contributed by atoms with Gasteiger partial charge in [0.25, 0.3) is 5.91 Å². The average molecular weight is 512 g/mol. The maximum absolute atomic E-state index is 13.7. The molecule has 0 radical (unpaired) electrons. The summed E-state index contributed by atoms with van der Waals surface area (Å²) in [6.07, 6.45) is 1.92. The molecule has 1 atom stereocenters. The number of hydrogen-bond donors (Lipinski definition) is 2. The molecule has 2 rings (SSSR count). The Balaban J connectivity index is 2.40. The summed E-state index contributed by atoms with van der Waals surface area (Å²) in [4.78, 5) is 41.0. The highest BCUT2D eigenvalue weighted by Gasteiger charge is 2.32. The van der Waals surface area contributed by atoms with E-state index in [9.17, 15) is 14.4 Å². The lowest BCUT2D eigenvalue weighted by molar-refractivity contribution is -0.138. The molecule has 0 aliphatic rings. The first kappa shape index (κ1) is 29.7. The number of hydrogen-bond acceptors (Lipinski definition) is 5.